The molecule has 1 aliphatic heterocycles. The molecule has 3 rings (SSSR count). The molecule has 1 heterocycles. The molecule has 1 fully saturated rings. The molecule has 2 amide bonds. The van der Waals surface area contributed by atoms with Gasteiger partial charge in [0.1, 0.15) is 5.57 Å². The van der Waals surface area contributed by atoms with Crippen molar-refractivity contribution in [3.05, 3.63) is 68.2 Å². The van der Waals surface area contributed by atoms with Crippen LogP contribution in [0.5, 0.6) is 0 Å². The number of hydrazine groups is 1. The van der Waals surface area contributed by atoms with Crippen LogP contribution in [0.2, 0.25) is 0 Å². The van der Waals surface area contributed by atoms with Crippen molar-refractivity contribution in [2.75, 3.05) is 24.0 Å². The van der Waals surface area contributed by atoms with E-state index < -0.39 is 16.7 Å². The lowest BCUT2D eigenvalue weighted by molar-refractivity contribution is -0.384. The maximum Gasteiger partial charge on any atom is 0.282 e. The fraction of sp³-hybridized carbons (Fsp3) is 0.111. The molecule has 0 bridgehead atoms. The summed E-state index contributed by atoms with van der Waals surface area (Å²) < 4.78 is 0.757. The Kier molecular flexibility index (Phi) is 4.95. The van der Waals surface area contributed by atoms with E-state index in [0.717, 1.165) is 9.48 Å². The van der Waals surface area contributed by atoms with E-state index in [0.29, 0.717) is 16.9 Å². The fourth-order valence-electron chi connectivity index (χ4n) is 2.69. The van der Waals surface area contributed by atoms with Crippen molar-refractivity contribution in [2.24, 2.45) is 0 Å². The van der Waals surface area contributed by atoms with Crippen LogP contribution in [0.3, 0.4) is 0 Å². The molecule has 1 saturated heterocycles. The molecular weight excluding hydrogens is 416 g/mol. The Balaban J connectivity index is 2.04. The summed E-state index contributed by atoms with van der Waals surface area (Å²) in [4.78, 5) is 37.4. The summed E-state index contributed by atoms with van der Waals surface area (Å²) in [6.07, 6.45) is 1.37. The van der Waals surface area contributed by atoms with Crippen molar-refractivity contribution in [1.82, 2.24) is 5.43 Å². The number of non-ortho nitro benzene ring substituents is 1. The summed E-state index contributed by atoms with van der Waals surface area (Å²) in [5.41, 5.74) is 3.84. The van der Waals surface area contributed by atoms with Crippen LogP contribution in [0.4, 0.5) is 17.1 Å². The number of benzene rings is 2. The Hall–Kier alpha value is -3.20. The average molecular weight is 431 g/mol. The number of rotatable bonds is 4. The molecule has 0 radical (unpaired) electrons. The summed E-state index contributed by atoms with van der Waals surface area (Å²) in [5, 5.41) is 12.2. The number of halogens is 1. The Morgan fingerprint density at radius 2 is 1.93 bits per heavy atom. The van der Waals surface area contributed by atoms with Gasteiger partial charge < -0.3 is 4.90 Å². The van der Waals surface area contributed by atoms with E-state index in [1.54, 1.807) is 49.3 Å². The fourth-order valence-corrected chi connectivity index (χ4v) is 3.08. The smallest absolute Gasteiger partial charge is 0.282 e. The molecular formula is C18H15BrN4O4. The predicted molar refractivity (Wildman–Crippen MR) is 105 cm³/mol. The number of nitrogens with one attached hydrogen (secondary N) is 1. The first-order chi connectivity index (χ1) is 12.8. The Morgan fingerprint density at radius 1 is 1.19 bits per heavy atom. The van der Waals surface area contributed by atoms with Crippen molar-refractivity contribution < 1.29 is 14.5 Å². The molecule has 0 spiro atoms. The van der Waals surface area contributed by atoms with Gasteiger partial charge in [-0.3, -0.25) is 25.1 Å². The molecule has 9 heteroatoms. The van der Waals surface area contributed by atoms with E-state index in [4.69, 9.17) is 0 Å². The van der Waals surface area contributed by atoms with Crippen molar-refractivity contribution in [1.29, 1.82) is 0 Å². The lowest BCUT2D eigenvalue weighted by Crippen LogP contribution is -2.35. The summed E-state index contributed by atoms with van der Waals surface area (Å²) in [6.45, 7) is 0. The van der Waals surface area contributed by atoms with Crippen LogP contribution >= 0.6 is 15.9 Å². The largest absolute Gasteiger partial charge is 0.377 e. The highest BCUT2D eigenvalue weighted by atomic mass is 79.9. The van der Waals surface area contributed by atoms with Crippen molar-refractivity contribution in [3.63, 3.8) is 0 Å². The molecule has 0 unspecified atom stereocenters. The van der Waals surface area contributed by atoms with Gasteiger partial charge >= 0.3 is 0 Å². The first kappa shape index (κ1) is 18.6. The Labute approximate surface area is 163 Å². The second-order valence-corrected chi connectivity index (χ2v) is 6.93. The van der Waals surface area contributed by atoms with Crippen LogP contribution in [0.1, 0.15) is 5.56 Å². The minimum Gasteiger partial charge on any atom is -0.377 e. The molecule has 138 valence electrons. The van der Waals surface area contributed by atoms with Crippen LogP contribution in [-0.2, 0) is 9.59 Å². The van der Waals surface area contributed by atoms with Crippen LogP contribution in [0, 0.1) is 10.1 Å². The molecule has 0 aliphatic carbocycles. The third-order valence-corrected chi connectivity index (χ3v) is 4.45. The SMILES string of the molecule is CN(C)c1ccc([N+](=O)[O-])cc1C=C1C(=O)NN(c2cccc(Br)c2)C1=O. The van der Waals surface area contributed by atoms with Crippen molar-refractivity contribution in [3.8, 4) is 0 Å². The van der Waals surface area contributed by atoms with Gasteiger partial charge in [-0.1, -0.05) is 22.0 Å². The zero-order valence-electron chi connectivity index (χ0n) is 14.5. The van der Waals surface area contributed by atoms with Gasteiger partial charge in [0.25, 0.3) is 17.5 Å². The number of nitrogens with zero attached hydrogens (tertiary/aromatic N) is 3. The van der Waals surface area contributed by atoms with E-state index in [2.05, 4.69) is 21.4 Å². The van der Waals surface area contributed by atoms with Gasteiger partial charge in [-0.2, -0.15) is 0 Å². The Morgan fingerprint density at radius 3 is 2.56 bits per heavy atom. The van der Waals surface area contributed by atoms with Gasteiger partial charge in [0, 0.05) is 42.0 Å². The number of nitro groups is 1. The van der Waals surface area contributed by atoms with Gasteiger partial charge in [-0.05, 0) is 30.3 Å². The zero-order chi connectivity index (χ0) is 19.7. The zero-order valence-corrected chi connectivity index (χ0v) is 16.1. The first-order valence-electron chi connectivity index (χ1n) is 7.86. The molecule has 0 aromatic heterocycles. The molecule has 1 aliphatic rings. The van der Waals surface area contributed by atoms with Gasteiger partial charge in [-0.25, -0.2) is 5.01 Å². The van der Waals surface area contributed by atoms with Crippen LogP contribution in [0.25, 0.3) is 6.08 Å². The molecule has 27 heavy (non-hydrogen) atoms. The first-order valence-corrected chi connectivity index (χ1v) is 8.65. The third kappa shape index (κ3) is 3.68. The summed E-state index contributed by atoms with van der Waals surface area (Å²) in [6, 6.07) is 11.2. The van der Waals surface area contributed by atoms with E-state index in [9.17, 15) is 19.7 Å². The van der Waals surface area contributed by atoms with E-state index in [1.807, 2.05) is 0 Å². The number of hydrogen-bond donors (Lipinski definition) is 1. The topological polar surface area (TPSA) is 95.8 Å². The normalized spacial score (nSPS) is 15.2. The minimum atomic E-state index is -0.573. The number of carbonyl (C=O) groups is 2. The maximum absolute atomic E-state index is 12.7. The second-order valence-electron chi connectivity index (χ2n) is 6.01. The van der Waals surface area contributed by atoms with Crippen molar-refractivity contribution in [2.45, 2.75) is 0 Å². The monoisotopic (exact) mass is 430 g/mol. The average Bonchev–Trinajstić information content (AvgIpc) is 2.89. The maximum atomic E-state index is 12.7. The number of hydrogen-bond acceptors (Lipinski definition) is 5. The quantitative estimate of drug-likeness (QED) is 0.348. The van der Waals surface area contributed by atoms with Gasteiger partial charge in [0.15, 0.2) is 0 Å². The standard InChI is InChI=1S/C18H15BrN4O4/c1-21(2)16-7-6-14(23(26)27)8-11(16)9-15-17(24)20-22(18(15)25)13-5-3-4-12(19)10-13/h3-10H,1-2H3,(H,20,24). The van der Waals surface area contributed by atoms with E-state index >= 15 is 0 Å². The predicted octanol–water partition coefficient (Wildman–Crippen LogP) is 2.88. The van der Waals surface area contributed by atoms with Crippen LogP contribution < -0.4 is 15.3 Å². The van der Waals surface area contributed by atoms with Crippen LogP contribution in [0.15, 0.2) is 52.5 Å². The van der Waals surface area contributed by atoms with Crippen molar-refractivity contribution >= 4 is 50.9 Å². The molecule has 0 saturated carbocycles. The number of carbonyl (C=O) groups excluding carboxylic acids is 2. The third-order valence-electron chi connectivity index (χ3n) is 3.96. The Bertz CT molecular complexity index is 987. The van der Waals surface area contributed by atoms with E-state index in [-0.39, 0.29) is 11.3 Å². The highest BCUT2D eigenvalue weighted by Gasteiger charge is 2.34. The molecule has 1 N–H and O–H groups in total. The van der Waals surface area contributed by atoms with E-state index in [1.165, 1.54) is 18.2 Å². The lowest BCUT2D eigenvalue weighted by Gasteiger charge is -2.16. The van der Waals surface area contributed by atoms with Crippen LogP contribution in [-0.4, -0.2) is 30.8 Å². The highest BCUT2D eigenvalue weighted by molar-refractivity contribution is 9.10. The van der Waals surface area contributed by atoms with Gasteiger partial charge in [-0.15, -0.1) is 0 Å². The molecule has 0 atom stereocenters. The molecule has 2 aromatic carbocycles. The number of nitro benzene ring substituents is 1. The summed E-state index contributed by atoms with van der Waals surface area (Å²) in [5.74, 6) is -1.11. The lowest BCUT2D eigenvalue weighted by atomic mass is 10.1. The van der Waals surface area contributed by atoms with Gasteiger partial charge in [0.2, 0.25) is 0 Å². The summed E-state index contributed by atoms with van der Waals surface area (Å²) >= 11 is 3.33. The second kappa shape index (κ2) is 7.20. The number of amides is 2. The molecule has 8 nitrogen and oxygen atoms in total. The highest BCUT2D eigenvalue weighted by Crippen LogP contribution is 2.29. The number of anilines is 2. The summed E-state index contributed by atoms with van der Waals surface area (Å²) in [7, 11) is 3.54. The van der Waals surface area contributed by atoms with Gasteiger partial charge in [0.05, 0.1) is 10.6 Å². The molecule has 2 aromatic rings. The minimum absolute atomic E-state index is 0.0985.